The Hall–Kier alpha value is -1.23. The molecular formula is C10H14N2O2S. The van der Waals surface area contributed by atoms with Crippen LogP contribution in [0.2, 0.25) is 0 Å². The lowest BCUT2D eigenvalue weighted by Gasteiger charge is -2.05. The molecule has 0 bridgehead atoms. The van der Waals surface area contributed by atoms with Crippen molar-refractivity contribution in [2.45, 2.75) is 32.6 Å². The smallest absolute Gasteiger partial charge is 0.227 e. The Morgan fingerprint density at radius 3 is 2.67 bits per heavy atom. The van der Waals surface area contributed by atoms with Gasteiger partial charge in [0.05, 0.1) is 5.92 Å². The van der Waals surface area contributed by atoms with Gasteiger partial charge in [0.2, 0.25) is 5.91 Å². The Labute approximate surface area is 92.5 Å². The summed E-state index contributed by atoms with van der Waals surface area (Å²) < 4.78 is 0. The number of amides is 1. The lowest BCUT2D eigenvalue weighted by Crippen LogP contribution is -2.20. The van der Waals surface area contributed by atoms with E-state index in [4.69, 9.17) is 5.73 Å². The van der Waals surface area contributed by atoms with Crippen molar-refractivity contribution in [1.82, 2.24) is 4.98 Å². The number of carbonyl (C=O) groups is 2. The number of Topliss-reactive ketones (excluding diaryl/α,β-unsaturated/α-hetero) is 1. The quantitative estimate of drug-likeness (QED) is 0.777. The van der Waals surface area contributed by atoms with E-state index in [0.717, 1.165) is 0 Å². The minimum Gasteiger partial charge on any atom is -0.369 e. The molecule has 1 atom stereocenters. The predicted molar refractivity (Wildman–Crippen MR) is 59.0 cm³/mol. The van der Waals surface area contributed by atoms with Gasteiger partial charge in [-0.2, -0.15) is 0 Å². The SMILES string of the molecule is CCC(=O)c1csc(C(CC)C(N)=O)n1. The fraction of sp³-hybridized carbons (Fsp3) is 0.500. The summed E-state index contributed by atoms with van der Waals surface area (Å²) in [6.07, 6.45) is 1.04. The fourth-order valence-electron chi connectivity index (χ4n) is 1.25. The molecule has 1 unspecified atom stereocenters. The maximum atomic E-state index is 11.3. The van der Waals surface area contributed by atoms with E-state index < -0.39 is 0 Å². The molecular weight excluding hydrogens is 212 g/mol. The molecule has 2 N–H and O–H groups in total. The molecule has 1 heterocycles. The zero-order chi connectivity index (χ0) is 11.4. The van der Waals surface area contributed by atoms with Gasteiger partial charge in [0.25, 0.3) is 0 Å². The molecule has 4 nitrogen and oxygen atoms in total. The molecule has 1 aromatic rings. The van der Waals surface area contributed by atoms with E-state index in [9.17, 15) is 9.59 Å². The number of hydrogen-bond acceptors (Lipinski definition) is 4. The third kappa shape index (κ3) is 2.62. The summed E-state index contributed by atoms with van der Waals surface area (Å²) in [5, 5.41) is 2.33. The predicted octanol–water partition coefficient (Wildman–Crippen LogP) is 1.71. The van der Waals surface area contributed by atoms with Crippen LogP contribution in [-0.2, 0) is 4.79 Å². The standard InChI is InChI=1S/C10H14N2O2S/c1-3-6(9(11)14)10-12-7(5-15-10)8(13)4-2/h5-6H,3-4H2,1-2H3,(H2,11,14). The topological polar surface area (TPSA) is 73.1 Å². The highest BCUT2D eigenvalue weighted by molar-refractivity contribution is 7.10. The lowest BCUT2D eigenvalue weighted by molar-refractivity contribution is -0.119. The average molecular weight is 226 g/mol. The van der Waals surface area contributed by atoms with Gasteiger partial charge in [0, 0.05) is 11.8 Å². The van der Waals surface area contributed by atoms with Crippen LogP contribution >= 0.6 is 11.3 Å². The van der Waals surface area contributed by atoms with Crippen molar-refractivity contribution in [3.8, 4) is 0 Å². The molecule has 0 aliphatic heterocycles. The second-order valence-corrected chi connectivity index (χ2v) is 4.10. The normalized spacial score (nSPS) is 12.4. The van der Waals surface area contributed by atoms with E-state index >= 15 is 0 Å². The number of thiazole rings is 1. The van der Waals surface area contributed by atoms with Crippen LogP contribution in [0.5, 0.6) is 0 Å². The van der Waals surface area contributed by atoms with Crippen molar-refractivity contribution < 1.29 is 9.59 Å². The zero-order valence-electron chi connectivity index (χ0n) is 8.82. The number of carbonyl (C=O) groups excluding carboxylic acids is 2. The molecule has 1 rings (SSSR count). The third-order valence-corrected chi connectivity index (χ3v) is 3.14. The monoisotopic (exact) mass is 226 g/mol. The molecule has 0 saturated carbocycles. The number of primary amides is 1. The van der Waals surface area contributed by atoms with Gasteiger partial charge < -0.3 is 5.73 Å². The van der Waals surface area contributed by atoms with Crippen LogP contribution < -0.4 is 5.73 Å². The first kappa shape index (κ1) is 11.8. The number of rotatable bonds is 5. The lowest BCUT2D eigenvalue weighted by atomic mass is 10.1. The van der Waals surface area contributed by atoms with Crippen LogP contribution in [0.15, 0.2) is 5.38 Å². The molecule has 0 saturated heterocycles. The van der Waals surface area contributed by atoms with Gasteiger partial charge in [-0.15, -0.1) is 11.3 Å². The molecule has 15 heavy (non-hydrogen) atoms. The van der Waals surface area contributed by atoms with Crippen LogP contribution in [0.25, 0.3) is 0 Å². The van der Waals surface area contributed by atoms with E-state index in [1.807, 2.05) is 6.92 Å². The van der Waals surface area contributed by atoms with Gasteiger partial charge in [0.15, 0.2) is 5.78 Å². The molecule has 0 spiro atoms. The highest BCUT2D eigenvalue weighted by atomic mass is 32.1. The fourth-order valence-corrected chi connectivity index (χ4v) is 2.27. The summed E-state index contributed by atoms with van der Waals surface area (Å²) in [6.45, 7) is 3.66. The van der Waals surface area contributed by atoms with Crippen molar-refractivity contribution in [2.75, 3.05) is 0 Å². The Bertz CT molecular complexity index is 373. The second kappa shape index (κ2) is 5.02. The van der Waals surface area contributed by atoms with Gasteiger partial charge in [-0.3, -0.25) is 9.59 Å². The van der Waals surface area contributed by atoms with E-state index in [-0.39, 0.29) is 17.6 Å². The first-order valence-corrected chi connectivity index (χ1v) is 5.76. The van der Waals surface area contributed by atoms with Crippen LogP contribution in [0.1, 0.15) is 48.1 Å². The van der Waals surface area contributed by atoms with E-state index in [0.29, 0.717) is 23.5 Å². The van der Waals surface area contributed by atoms with E-state index in [1.54, 1.807) is 12.3 Å². The van der Waals surface area contributed by atoms with Crippen LogP contribution in [0.4, 0.5) is 0 Å². The maximum absolute atomic E-state index is 11.3. The minimum absolute atomic E-state index is 0.00294. The maximum Gasteiger partial charge on any atom is 0.227 e. The first-order chi connectivity index (χ1) is 7.10. The van der Waals surface area contributed by atoms with Crippen molar-refractivity contribution in [3.63, 3.8) is 0 Å². The third-order valence-electron chi connectivity index (χ3n) is 2.18. The summed E-state index contributed by atoms with van der Waals surface area (Å²) in [4.78, 5) is 26.6. The molecule has 0 radical (unpaired) electrons. The minimum atomic E-state index is -0.387. The van der Waals surface area contributed by atoms with Gasteiger partial charge in [-0.05, 0) is 6.42 Å². The second-order valence-electron chi connectivity index (χ2n) is 3.21. The molecule has 0 fully saturated rings. The molecule has 5 heteroatoms. The summed E-state index contributed by atoms with van der Waals surface area (Å²) >= 11 is 1.32. The van der Waals surface area contributed by atoms with Crippen molar-refractivity contribution in [2.24, 2.45) is 5.73 Å². The summed E-state index contributed by atoms with van der Waals surface area (Å²) in [5.74, 6) is -0.757. The summed E-state index contributed by atoms with van der Waals surface area (Å²) in [6, 6.07) is 0. The molecule has 0 aliphatic rings. The Kier molecular flexibility index (Phi) is 3.96. The van der Waals surface area contributed by atoms with Gasteiger partial charge in [0.1, 0.15) is 10.7 Å². The molecule has 1 amide bonds. The Morgan fingerprint density at radius 1 is 1.53 bits per heavy atom. The molecule has 0 aromatic carbocycles. The Balaban J connectivity index is 2.92. The highest BCUT2D eigenvalue weighted by Crippen LogP contribution is 2.23. The highest BCUT2D eigenvalue weighted by Gasteiger charge is 2.20. The van der Waals surface area contributed by atoms with E-state index in [2.05, 4.69) is 4.98 Å². The van der Waals surface area contributed by atoms with Crippen LogP contribution in [-0.4, -0.2) is 16.7 Å². The summed E-state index contributed by atoms with van der Waals surface area (Å²) in [5.41, 5.74) is 5.68. The number of nitrogens with two attached hydrogens (primary N) is 1. The number of ketones is 1. The van der Waals surface area contributed by atoms with Gasteiger partial charge >= 0.3 is 0 Å². The number of aromatic nitrogens is 1. The van der Waals surface area contributed by atoms with Crippen LogP contribution in [0.3, 0.4) is 0 Å². The zero-order valence-corrected chi connectivity index (χ0v) is 9.63. The van der Waals surface area contributed by atoms with Crippen molar-refractivity contribution in [1.29, 1.82) is 0 Å². The first-order valence-electron chi connectivity index (χ1n) is 4.88. The summed E-state index contributed by atoms with van der Waals surface area (Å²) in [7, 11) is 0. The Morgan fingerprint density at radius 2 is 2.20 bits per heavy atom. The number of nitrogens with zero attached hydrogens (tertiary/aromatic N) is 1. The van der Waals surface area contributed by atoms with Gasteiger partial charge in [-0.1, -0.05) is 13.8 Å². The van der Waals surface area contributed by atoms with Crippen molar-refractivity contribution in [3.05, 3.63) is 16.1 Å². The van der Waals surface area contributed by atoms with Crippen LogP contribution in [0, 0.1) is 0 Å². The largest absolute Gasteiger partial charge is 0.369 e. The molecule has 0 aliphatic carbocycles. The molecule has 1 aromatic heterocycles. The molecule has 82 valence electrons. The van der Waals surface area contributed by atoms with Gasteiger partial charge in [-0.25, -0.2) is 4.98 Å². The number of hydrogen-bond donors (Lipinski definition) is 1. The van der Waals surface area contributed by atoms with E-state index in [1.165, 1.54) is 11.3 Å². The van der Waals surface area contributed by atoms with Crippen molar-refractivity contribution >= 4 is 23.0 Å². The average Bonchev–Trinajstić information content (AvgIpc) is 2.66.